The molecule has 4 heteroatoms. The number of thiophene rings is 1. The summed E-state index contributed by atoms with van der Waals surface area (Å²) in [5.41, 5.74) is 8.02. The molecule has 5 rings (SSSR count). The van der Waals surface area contributed by atoms with Crippen LogP contribution in [0.1, 0.15) is 36.1 Å². The normalized spacial score (nSPS) is 12.7. The topological polar surface area (TPSA) is 17.5 Å². The quantitative estimate of drug-likeness (QED) is 0.229. The van der Waals surface area contributed by atoms with E-state index in [4.69, 9.17) is 11.3 Å². The fourth-order valence-corrected chi connectivity index (χ4v) is 5.68. The highest BCUT2D eigenvalue weighted by Crippen LogP contribution is 2.51. The minimum Gasteiger partial charge on any atom is -0.449 e. The predicted octanol–water partition coefficient (Wildman–Crippen LogP) is 6.82. The van der Waals surface area contributed by atoms with Gasteiger partial charge in [-0.1, -0.05) is 12.1 Å². The number of fused-ring (bicyclic) bond motifs is 3. The van der Waals surface area contributed by atoms with Gasteiger partial charge in [0, 0.05) is 30.9 Å². The minimum atomic E-state index is -0.488. The number of benzene rings is 2. The Hall–Kier alpha value is -2.90. The van der Waals surface area contributed by atoms with Crippen molar-refractivity contribution in [3.05, 3.63) is 63.3 Å². The molecule has 1 aliphatic heterocycles. The average Bonchev–Trinajstić information content (AvgIpc) is 3.18. The Bertz CT molecular complexity index is 1420. The fraction of sp³-hybridized carbons (Fsp3) is 0.308. The Morgan fingerprint density at radius 3 is 2.67 bits per heavy atom. The van der Waals surface area contributed by atoms with Crippen LogP contribution in [0.2, 0.25) is 0 Å². The summed E-state index contributed by atoms with van der Waals surface area (Å²) in [6.07, 6.45) is 0.659. The standard InChI is InChI=1S/C26H25N2OS/c1-14-10-17-12-15(2)16(3)21-22(17)20(11-14)29-24-18(13-26(4,5)27-6)25-19(8-9-30-25)28(7)23(21)24/h8-12H,13H2,1-5,7H3/q+1. The van der Waals surface area contributed by atoms with E-state index in [1.54, 1.807) is 11.3 Å². The lowest BCUT2D eigenvalue weighted by atomic mass is 9.87. The first-order chi connectivity index (χ1) is 14.2. The zero-order valence-electron chi connectivity index (χ0n) is 18.3. The van der Waals surface area contributed by atoms with Gasteiger partial charge in [-0.05, 0) is 54.3 Å². The van der Waals surface area contributed by atoms with E-state index < -0.39 is 5.54 Å². The maximum atomic E-state index is 7.69. The van der Waals surface area contributed by atoms with E-state index in [9.17, 15) is 0 Å². The van der Waals surface area contributed by atoms with Crippen molar-refractivity contribution in [1.29, 1.82) is 0 Å². The monoisotopic (exact) mass is 413 g/mol. The molecular formula is C26H25N2OS+. The zero-order valence-corrected chi connectivity index (χ0v) is 19.1. The number of rotatable bonds is 2. The van der Waals surface area contributed by atoms with Crippen LogP contribution in [-0.2, 0) is 13.5 Å². The molecule has 0 unspecified atom stereocenters. The van der Waals surface area contributed by atoms with Crippen LogP contribution in [0.15, 0.2) is 29.6 Å². The third-order valence-corrected chi connectivity index (χ3v) is 7.29. The summed E-state index contributed by atoms with van der Waals surface area (Å²) in [5, 5.41) is 4.56. The smallest absolute Gasteiger partial charge is 0.257 e. The van der Waals surface area contributed by atoms with Gasteiger partial charge in [-0.2, -0.15) is 4.57 Å². The second-order valence-electron chi connectivity index (χ2n) is 9.11. The second kappa shape index (κ2) is 6.30. The summed E-state index contributed by atoms with van der Waals surface area (Å²) in [5.74, 6) is 1.84. The van der Waals surface area contributed by atoms with Crippen LogP contribution in [0, 0.1) is 27.3 Å². The first-order valence-electron chi connectivity index (χ1n) is 10.3. The van der Waals surface area contributed by atoms with E-state index in [-0.39, 0.29) is 0 Å². The van der Waals surface area contributed by atoms with Crippen molar-refractivity contribution in [3.63, 3.8) is 0 Å². The molecule has 3 heterocycles. The molecule has 0 radical (unpaired) electrons. The van der Waals surface area contributed by atoms with Crippen molar-refractivity contribution < 1.29 is 9.30 Å². The van der Waals surface area contributed by atoms with E-state index in [0.717, 1.165) is 22.8 Å². The molecule has 0 bridgehead atoms. The number of nitrogens with zero attached hydrogens (tertiary/aromatic N) is 2. The number of hydrogen-bond donors (Lipinski definition) is 0. The van der Waals surface area contributed by atoms with Crippen LogP contribution in [-0.4, -0.2) is 5.54 Å². The highest BCUT2D eigenvalue weighted by atomic mass is 32.1. The Balaban J connectivity index is 1.98. The van der Waals surface area contributed by atoms with Gasteiger partial charge in [-0.15, -0.1) is 11.3 Å². The van der Waals surface area contributed by atoms with Crippen LogP contribution in [0.5, 0.6) is 11.5 Å². The lowest BCUT2D eigenvalue weighted by Gasteiger charge is -2.25. The number of ether oxygens (including phenoxy) is 1. The maximum absolute atomic E-state index is 7.69. The summed E-state index contributed by atoms with van der Waals surface area (Å²) in [7, 11) is 2.13. The molecule has 0 spiro atoms. The van der Waals surface area contributed by atoms with Crippen molar-refractivity contribution in [1.82, 2.24) is 0 Å². The molecule has 0 aliphatic carbocycles. The van der Waals surface area contributed by atoms with E-state index in [1.807, 2.05) is 13.8 Å². The number of aromatic nitrogens is 1. The van der Waals surface area contributed by atoms with Gasteiger partial charge in [0.2, 0.25) is 16.8 Å². The van der Waals surface area contributed by atoms with Crippen molar-refractivity contribution in [2.75, 3.05) is 0 Å². The van der Waals surface area contributed by atoms with Gasteiger partial charge in [0.05, 0.1) is 12.0 Å². The fourth-order valence-electron chi connectivity index (χ4n) is 4.71. The molecule has 1 aliphatic rings. The molecule has 2 aromatic heterocycles. The average molecular weight is 414 g/mol. The lowest BCUT2D eigenvalue weighted by Crippen LogP contribution is -2.34. The highest BCUT2D eigenvalue weighted by molar-refractivity contribution is 7.17. The predicted molar refractivity (Wildman–Crippen MR) is 125 cm³/mol. The summed E-state index contributed by atoms with van der Waals surface area (Å²) in [6.45, 7) is 18.2. The van der Waals surface area contributed by atoms with Crippen molar-refractivity contribution in [3.8, 4) is 22.8 Å². The summed E-state index contributed by atoms with van der Waals surface area (Å²) < 4.78 is 10.2. The Kier molecular flexibility index (Phi) is 4.01. The van der Waals surface area contributed by atoms with Crippen molar-refractivity contribution >= 4 is 32.3 Å². The molecule has 0 amide bonds. The number of pyridine rings is 1. The largest absolute Gasteiger partial charge is 0.449 e. The van der Waals surface area contributed by atoms with Crippen LogP contribution in [0.4, 0.5) is 0 Å². The van der Waals surface area contributed by atoms with Gasteiger partial charge in [-0.3, -0.25) is 0 Å². The first-order valence-corrected chi connectivity index (χ1v) is 11.1. The van der Waals surface area contributed by atoms with Gasteiger partial charge in [0.1, 0.15) is 17.5 Å². The molecule has 0 saturated carbocycles. The molecule has 3 nitrogen and oxygen atoms in total. The van der Waals surface area contributed by atoms with Gasteiger partial charge >= 0.3 is 0 Å². The number of hydrogen-bond acceptors (Lipinski definition) is 2. The first kappa shape index (κ1) is 19.1. The molecule has 0 fully saturated rings. The van der Waals surface area contributed by atoms with Gasteiger partial charge < -0.3 is 9.58 Å². The summed E-state index contributed by atoms with van der Waals surface area (Å²) in [4.78, 5) is 3.90. The van der Waals surface area contributed by atoms with E-state index in [2.05, 4.69) is 66.9 Å². The van der Waals surface area contributed by atoms with Crippen LogP contribution in [0.25, 0.3) is 37.1 Å². The molecule has 30 heavy (non-hydrogen) atoms. The molecule has 0 saturated heterocycles. The summed E-state index contributed by atoms with van der Waals surface area (Å²) >= 11 is 1.73. The molecule has 150 valence electrons. The molecule has 4 aromatic rings. The molecule has 0 atom stereocenters. The Morgan fingerprint density at radius 2 is 1.93 bits per heavy atom. The number of aryl methyl sites for hydroxylation is 3. The van der Waals surface area contributed by atoms with Crippen molar-refractivity contribution in [2.45, 2.75) is 46.6 Å². The van der Waals surface area contributed by atoms with Gasteiger partial charge in [-0.25, -0.2) is 6.57 Å². The zero-order chi connectivity index (χ0) is 21.4. The van der Waals surface area contributed by atoms with E-state index in [1.165, 1.54) is 43.2 Å². The SMILES string of the molecule is [C-]#[N+]C(C)(C)Cc1c2c([n+](C)c3ccsc13)-c1c(C)c(C)cc3cc(C)cc(c13)O2. The van der Waals surface area contributed by atoms with Crippen LogP contribution >= 0.6 is 11.3 Å². The van der Waals surface area contributed by atoms with Crippen LogP contribution in [0.3, 0.4) is 0 Å². The van der Waals surface area contributed by atoms with Gasteiger partial charge in [0.25, 0.3) is 5.69 Å². The Labute approximate surface area is 181 Å². The second-order valence-corrected chi connectivity index (χ2v) is 10.0. The molecule has 0 N–H and O–H groups in total. The molecular weight excluding hydrogens is 388 g/mol. The third-order valence-electron chi connectivity index (χ3n) is 6.33. The minimum absolute atomic E-state index is 0.488. The van der Waals surface area contributed by atoms with Gasteiger partial charge in [0.15, 0.2) is 0 Å². The third kappa shape index (κ3) is 2.58. The van der Waals surface area contributed by atoms with Crippen molar-refractivity contribution in [2.24, 2.45) is 7.05 Å². The summed E-state index contributed by atoms with van der Waals surface area (Å²) in [6, 6.07) is 8.84. The molecule has 2 aromatic carbocycles. The van der Waals surface area contributed by atoms with E-state index in [0.29, 0.717) is 6.42 Å². The van der Waals surface area contributed by atoms with Crippen LogP contribution < -0.4 is 9.30 Å². The lowest BCUT2D eigenvalue weighted by molar-refractivity contribution is -0.633. The maximum Gasteiger partial charge on any atom is 0.257 e. The highest BCUT2D eigenvalue weighted by Gasteiger charge is 2.38. The van der Waals surface area contributed by atoms with E-state index >= 15 is 0 Å². The Morgan fingerprint density at radius 1 is 1.17 bits per heavy atom.